The summed E-state index contributed by atoms with van der Waals surface area (Å²) in [6.07, 6.45) is 2.84. The highest BCUT2D eigenvalue weighted by atomic mass is 16.5. The van der Waals surface area contributed by atoms with Gasteiger partial charge in [0.05, 0.1) is 7.11 Å². The zero-order valence-electron chi connectivity index (χ0n) is 10.2. The van der Waals surface area contributed by atoms with E-state index in [0.717, 1.165) is 36.0 Å². The second-order valence-corrected chi connectivity index (χ2v) is 4.07. The van der Waals surface area contributed by atoms with Gasteiger partial charge in [-0.15, -0.1) is 0 Å². The minimum absolute atomic E-state index is 0.226. The van der Waals surface area contributed by atoms with Crippen LogP contribution in [0.15, 0.2) is 33.5 Å². The number of ether oxygens (including phenoxy) is 1. The molecule has 0 amide bonds. The highest BCUT2D eigenvalue weighted by Crippen LogP contribution is 2.20. The molecule has 3 nitrogen and oxygen atoms in total. The van der Waals surface area contributed by atoms with E-state index < -0.39 is 0 Å². The van der Waals surface area contributed by atoms with Crippen molar-refractivity contribution in [2.75, 3.05) is 7.11 Å². The maximum Gasteiger partial charge on any atom is 0.339 e. The molecular weight excluding hydrogens is 216 g/mol. The van der Waals surface area contributed by atoms with Crippen molar-refractivity contribution in [2.45, 2.75) is 26.2 Å². The number of rotatable bonds is 4. The first-order valence-electron chi connectivity index (χ1n) is 5.85. The quantitative estimate of drug-likeness (QED) is 0.760. The molecule has 0 saturated heterocycles. The molecule has 0 bridgehead atoms. The molecule has 1 aromatic heterocycles. The Hall–Kier alpha value is -1.77. The Morgan fingerprint density at radius 2 is 2.12 bits per heavy atom. The number of benzene rings is 1. The molecule has 0 aliphatic rings. The lowest BCUT2D eigenvalue weighted by molar-refractivity contribution is 0.415. The van der Waals surface area contributed by atoms with Crippen molar-refractivity contribution >= 4 is 11.0 Å². The van der Waals surface area contributed by atoms with Gasteiger partial charge in [0.1, 0.15) is 11.3 Å². The molecule has 1 aromatic carbocycles. The van der Waals surface area contributed by atoms with Gasteiger partial charge in [0, 0.05) is 10.9 Å². The van der Waals surface area contributed by atoms with Crippen molar-refractivity contribution in [3.8, 4) is 5.75 Å². The summed E-state index contributed by atoms with van der Waals surface area (Å²) >= 11 is 0. The van der Waals surface area contributed by atoms with Crippen molar-refractivity contribution in [3.05, 3.63) is 40.2 Å². The van der Waals surface area contributed by atoms with Gasteiger partial charge in [-0.05, 0) is 37.1 Å². The molecule has 2 aromatic rings. The van der Waals surface area contributed by atoms with E-state index in [-0.39, 0.29) is 5.63 Å². The summed E-state index contributed by atoms with van der Waals surface area (Å²) in [6, 6.07) is 7.34. The van der Waals surface area contributed by atoms with E-state index in [1.165, 1.54) is 0 Å². The average molecular weight is 232 g/mol. The molecule has 2 rings (SSSR count). The van der Waals surface area contributed by atoms with Crippen LogP contribution in [0.2, 0.25) is 0 Å². The van der Waals surface area contributed by atoms with Gasteiger partial charge >= 0.3 is 5.63 Å². The van der Waals surface area contributed by atoms with Gasteiger partial charge in [-0.2, -0.15) is 0 Å². The molecule has 0 aliphatic heterocycles. The summed E-state index contributed by atoms with van der Waals surface area (Å²) in [4.78, 5) is 11.7. The first-order chi connectivity index (χ1) is 8.24. The number of hydrogen-bond donors (Lipinski definition) is 0. The van der Waals surface area contributed by atoms with Crippen LogP contribution in [0.25, 0.3) is 11.0 Å². The molecule has 0 unspecified atom stereocenters. The smallest absolute Gasteiger partial charge is 0.339 e. The van der Waals surface area contributed by atoms with Crippen LogP contribution in [0.5, 0.6) is 5.75 Å². The maximum absolute atomic E-state index is 11.7. The van der Waals surface area contributed by atoms with E-state index in [4.69, 9.17) is 9.15 Å². The monoisotopic (exact) mass is 232 g/mol. The largest absolute Gasteiger partial charge is 0.497 e. The number of aryl methyl sites for hydroxylation is 1. The molecule has 0 atom stereocenters. The van der Waals surface area contributed by atoms with Gasteiger partial charge in [-0.1, -0.05) is 13.3 Å². The fourth-order valence-electron chi connectivity index (χ4n) is 1.81. The molecule has 17 heavy (non-hydrogen) atoms. The predicted octanol–water partition coefficient (Wildman–Crippen LogP) is 3.14. The third-order valence-electron chi connectivity index (χ3n) is 2.81. The molecule has 0 spiro atoms. The number of fused-ring (bicyclic) bond motifs is 1. The van der Waals surface area contributed by atoms with E-state index in [2.05, 4.69) is 6.92 Å². The Morgan fingerprint density at radius 1 is 1.29 bits per heavy atom. The van der Waals surface area contributed by atoms with Crippen LogP contribution in [-0.4, -0.2) is 7.11 Å². The molecule has 0 radical (unpaired) electrons. The third-order valence-corrected chi connectivity index (χ3v) is 2.81. The Morgan fingerprint density at radius 3 is 2.82 bits per heavy atom. The zero-order valence-corrected chi connectivity index (χ0v) is 10.2. The summed E-state index contributed by atoms with van der Waals surface area (Å²) in [5, 5.41) is 0.912. The van der Waals surface area contributed by atoms with Crippen LogP contribution in [0.4, 0.5) is 0 Å². The molecule has 1 heterocycles. The predicted molar refractivity (Wildman–Crippen MR) is 67.6 cm³/mol. The number of hydrogen-bond acceptors (Lipinski definition) is 3. The summed E-state index contributed by atoms with van der Waals surface area (Å²) in [7, 11) is 1.62. The van der Waals surface area contributed by atoms with Crippen LogP contribution in [-0.2, 0) is 6.42 Å². The van der Waals surface area contributed by atoms with Gasteiger partial charge in [-0.25, -0.2) is 4.79 Å². The molecule has 90 valence electrons. The van der Waals surface area contributed by atoms with Gasteiger partial charge in [0.15, 0.2) is 0 Å². The van der Waals surface area contributed by atoms with E-state index in [9.17, 15) is 4.79 Å². The lowest BCUT2D eigenvalue weighted by atomic mass is 10.1. The van der Waals surface area contributed by atoms with Gasteiger partial charge in [-0.3, -0.25) is 0 Å². The number of unbranched alkanes of at least 4 members (excludes halogenated alkanes) is 1. The molecule has 3 heteroatoms. The lowest BCUT2D eigenvalue weighted by Gasteiger charge is -2.03. The Kier molecular flexibility index (Phi) is 3.47. The second kappa shape index (κ2) is 5.04. The van der Waals surface area contributed by atoms with Crippen molar-refractivity contribution < 1.29 is 9.15 Å². The van der Waals surface area contributed by atoms with Gasteiger partial charge < -0.3 is 9.15 Å². The summed E-state index contributed by atoms with van der Waals surface area (Å²) in [5.41, 5.74) is 1.12. The fourth-order valence-corrected chi connectivity index (χ4v) is 1.81. The molecule has 0 aliphatic carbocycles. The van der Waals surface area contributed by atoms with Gasteiger partial charge in [0.25, 0.3) is 0 Å². The van der Waals surface area contributed by atoms with Crippen molar-refractivity contribution in [1.29, 1.82) is 0 Å². The molecule has 0 fully saturated rings. The van der Waals surface area contributed by atoms with E-state index >= 15 is 0 Å². The van der Waals surface area contributed by atoms with E-state index in [1.807, 2.05) is 12.1 Å². The van der Waals surface area contributed by atoms with Crippen molar-refractivity contribution in [2.24, 2.45) is 0 Å². The Balaban J connectivity index is 2.48. The van der Waals surface area contributed by atoms with Crippen LogP contribution in [0.3, 0.4) is 0 Å². The second-order valence-electron chi connectivity index (χ2n) is 4.07. The number of methoxy groups -OCH3 is 1. The minimum Gasteiger partial charge on any atom is -0.497 e. The minimum atomic E-state index is -0.226. The maximum atomic E-state index is 11.7. The molecule has 0 saturated carbocycles. The lowest BCUT2D eigenvalue weighted by Crippen LogP contribution is -2.06. The van der Waals surface area contributed by atoms with Crippen LogP contribution < -0.4 is 10.4 Å². The highest BCUT2D eigenvalue weighted by Gasteiger charge is 2.05. The van der Waals surface area contributed by atoms with Gasteiger partial charge in [0.2, 0.25) is 0 Å². The standard InChI is InChI=1S/C14H16O3/c1-3-4-5-10-8-11-9-12(16-2)6-7-13(11)17-14(10)15/h6-9H,3-5H2,1-2H3. The fraction of sp³-hybridized carbons (Fsp3) is 0.357. The average Bonchev–Trinajstić information content (AvgIpc) is 2.35. The molecule has 0 N–H and O–H groups in total. The highest BCUT2D eigenvalue weighted by molar-refractivity contribution is 5.78. The normalized spacial score (nSPS) is 10.7. The zero-order chi connectivity index (χ0) is 12.3. The van der Waals surface area contributed by atoms with Crippen molar-refractivity contribution in [1.82, 2.24) is 0 Å². The van der Waals surface area contributed by atoms with Crippen LogP contribution in [0.1, 0.15) is 25.3 Å². The Bertz CT molecular complexity index is 569. The van der Waals surface area contributed by atoms with Crippen LogP contribution >= 0.6 is 0 Å². The topological polar surface area (TPSA) is 39.4 Å². The first-order valence-corrected chi connectivity index (χ1v) is 5.85. The summed E-state index contributed by atoms with van der Waals surface area (Å²) < 4.78 is 10.4. The summed E-state index contributed by atoms with van der Waals surface area (Å²) in [6.45, 7) is 2.10. The van der Waals surface area contributed by atoms with Crippen LogP contribution in [0, 0.1) is 0 Å². The third kappa shape index (κ3) is 2.49. The van der Waals surface area contributed by atoms with E-state index in [1.54, 1.807) is 19.2 Å². The SMILES string of the molecule is CCCCc1cc2cc(OC)ccc2oc1=O. The summed E-state index contributed by atoms with van der Waals surface area (Å²) in [5.74, 6) is 0.771. The van der Waals surface area contributed by atoms with E-state index in [0.29, 0.717) is 5.58 Å². The molecular formula is C14H16O3. The Labute approximate surface area is 100 Å². The first kappa shape index (κ1) is 11.7. The van der Waals surface area contributed by atoms with Crippen molar-refractivity contribution in [3.63, 3.8) is 0 Å².